The summed E-state index contributed by atoms with van der Waals surface area (Å²) in [5, 5.41) is 5.97. The van der Waals surface area contributed by atoms with Gasteiger partial charge in [-0.05, 0) is 47.2 Å². The molecule has 1 aliphatic heterocycles. The lowest BCUT2D eigenvalue weighted by molar-refractivity contribution is -0.135. The summed E-state index contributed by atoms with van der Waals surface area (Å²) in [7, 11) is 2.05. The Hall–Kier alpha value is -1.60. The van der Waals surface area contributed by atoms with E-state index in [0.29, 0.717) is 19.5 Å². The highest BCUT2D eigenvalue weighted by molar-refractivity contribution is 5.85. The molecule has 0 bridgehead atoms. The van der Waals surface area contributed by atoms with E-state index in [1.165, 1.54) is 0 Å². The zero-order chi connectivity index (χ0) is 18.9. The number of piperazine rings is 1. The minimum absolute atomic E-state index is 0.0253. The van der Waals surface area contributed by atoms with Crippen molar-refractivity contribution in [3.05, 3.63) is 12.7 Å². The average molecular weight is 354 g/mol. The predicted octanol–water partition coefficient (Wildman–Crippen LogP) is 1.21. The highest BCUT2D eigenvalue weighted by Crippen LogP contribution is 2.10. The van der Waals surface area contributed by atoms with Crippen LogP contribution < -0.4 is 10.6 Å². The van der Waals surface area contributed by atoms with Crippen molar-refractivity contribution in [2.75, 3.05) is 46.3 Å². The summed E-state index contributed by atoms with van der Waals surface area (Å²) in [6, 6.07) is -0.552. The molecule has 1 fully saturated rings. The molecule has 1 aliphatic rings. The first kappa shape index (κ1) is 21.4. The topological polar surface area (TPSA) is 73.9 Å². The molecule has 144 valence electrons. The minimum atomic E-state index is -0.586. The van der Waals surface area contributed by atoms with E-state index >= 15 is 0 Å². The van der Waals surface area contributed by atoms with Gasteiger partial charge in [-0.15, -0.1) is 6.58 Å². The maximum Gasteiger partial charge on any atom is 0.408 e. The highest BCUT2D eigenvalue weighted by atomic mass is 16.6. The number of nitrogens with zero attached hydrogens (tertiary/aromatic N) is 2. The zero-order valence-corrected chi connectivity index (χ0v) is 16.1. The maximum atomic E-state index is 12.8. The molecule has 0 saturated carbocycles. The van der Waals surface area contributed by atoms with E-state index in [0.717, 1.165) is 32.6 Å². The van der Waals surface area contributed by atoms with E-state index in [2.05, 4.69) is 22.1 Å². The van der Waals surface area contributed by atoms with Gasteiger partial charge in [0.1, 0.15) is 11.6 Å². The van der Waals surface area contributed by atoms with Gasteiger partial charge in [0.05, 0.1) is 0 Å². The molecule has 1 heterocycles. The quantitative estimate of drug-likeness (QED) is 0.506. The summed E-state index contributed by atoms with van der Waals surface area (Å²) in [4.78, 5) is 29.0. The van der Waals surface area contributed by atoms with Gasteiger partial charge in [-0.3, -0.25) is 4.79 Å². The van der Waals surface area contributed by atoms with Crippen molar-refractivity contribution in [1.29, 1.82) is 0 Å². The number of hydrogen-bond donors (Lipinski definition) is 2. The number of hydrogen-bond acceptors (Lipinski definition) is 5. The fraction of sp³-hybridized carbons (Fsp3) is 0.778. The van der Waals surface area contributed by atoms with Crippen molar-refractivity contribution in [2.45, 2.75) is 45.3 Å². The number of nitrogens with one attached hydrogen (secondary N) is 2. The Morgan fingerprint density at radius 2 is 1.88 bits per heavy atom. The molecule has 0 spiro atoms. The van der Waals surface area contributed by atoms with Gasteiger partial charge in [-0.25, -0.2) is 4.79 Å². The third-order valence-corrected chi connectivity index (χ3v) is 3.94. The smallest absolute Gasteiger partial charge is 0.408 e. The number of alkyl carbamates (subject to hydrolysis) is 1. The maximum absolute atomic E-state index is 12.8. The number of ether oxygens (including phenoxy) is 1. The Morgan fingerprint density at radius 3 is 2.44 bits per heavy atom. The number of carbonyl (C=O) groups excluding carboxylic acids is 2. The average Bonchev–Trinajstić information content (AvgIpc) is 2.52. The van der Waals surface area contributed by atoms with E-state index < -0.39 is 17.7 Å². The Morgan fingerprint density at radius 1 is 1.24 bits per heavy atom. The molecule has 0 aromatic rings. The van der Waals surface area contributed by atoms with Crippen molar-refractivity contribution < 1.29 is 14.3 Å². The Bertz CT molecular complexity index is 440. The van der Waals surface area contributed by atoms with Crippen molar-refractivity contribution in [1.82, 2.24) is 20.4 Å². The summed E-state index contributed by atoms with van der Waals surface area (Å²) >= 11 is 0. The molecule has 0 aromatic carbocycles. The molecule has 7 heteroatoms. The van der Waals surface area contributed by atoms with Gasteiger partial charge in [-0.2, -0.15) is 0 Å². The van der Waals surface area contributed by atoms with Crippen LogP contribution in [0.1, 0.15) is 33.6 Å². The van der Waals surface area contributed by atoms with Crippen molar-refractivity contribution in [2.24, 2.45) is 0 Å². The summed E-state index contributed by atoms with van der Waals surface area (Å²) in [5.41, 5.74) is -0.586. The second kappa shape index (κ2) is 10.4. The Labute approximate surface area is 151 Å². The van der Waals surface area contributed by atoms with Crippen LogP contribution in [0.5, 0.6) is 0 Å². The fourth-order valence-corrected chi connectivity index (χ4v) is 2.59. The van der Waals surface area contributed by atoms with Crippen LogP contribution in [0.2, 0.25) is 0 Å². The monoisotopic (exact) mass is 354 g/mol. The normalized spacial score (nSPS) is 17.0. The van der Waals surface area contributed by atoms with Crippen molar-refractivity contribution in [3.63, 3.8) is 0 Å². The molecule has 1 saturated heterocycles. The summed E-state index contributed by atoms with van der Waals surface area (Å²) < 4.78 is 5.31. The van der Waals surface area contributed by atoms with E-state index in [1.54, 1.807) is 6.08 Å². The van der Waals surface area contributed by atoms with Crippen LogP contribution in [0.4, 0.5) is 4.79 Å². The van der Waals surface area contributed by atoms with Crippen LogP contribution in [-0.4, -0.2) is 79.8 Å². The molecule has 1 atom stereocenters. The standard InChI is InChI=1S/C18H34N4O3/c1-6-9-19-10-7-8-15(20-17(24)25-18(2,3)4)16(23)22-13-11-21(5)12-14-22/h6,15,19H,1,7-14H2,2-5H3,(H,20,24). The predicted molar refractivity (Wildman–Crippen MR) is 99.5 cm³/mol. The Balaban J connectivity index is 2.60. The largest absolute Gasteiger partial charge is 0.444 e. The molecule has 0 aromatic heterocycles. The van der Waals surface area contributed by atoms with Gasteiger partial charge in [0, 0.05) is 32.7 Å². The second-order valence-electron chi connectivity index (χ2n) is 7.46. The van der Waals surface area contributed by atoms with E-state index in [4.69, 9.17) is 4.74 Å². The highest BCUT2D eigenvalue weighted by Gasteiger charge is 2.29. The first-order valence-electron chi connectivity index (χ1n) is 9.01. The summed E-state index contributed by atoms with van der Waals surface area (Å²) in [6.45, 7) is 13.7. The lowest BCUT2D eigenvalue weighted by atomic mass is 10.1. The molecular weight excluding hydrogens is 320 g/mol. The van der Waals surface area contributed by atoms with Crippen LogP contribution in [0.25, 0.3) is 0 Å². The summed E-state index contributed by atoms with van der Waals surface area (Å²) in [6.07, 6.45) is 2.62. The minimum Gasteiger partial charge on any atom is -0.444 e. The first-order valence-corrected chi connectivity index (χ1v) is 9.01. The lowest BCUT2D eigenvalue weighted by Crippen LogP contribution is -2.54. The van der Waals surface area contributed by atoms with Crippen LogP contribution in [0.15, 0.2) is 12.7 Å². The second-order valence-corrected chi connectivity index (χ2v) is 7.46. The van der Waals surface area contributed by atoms with Crippen molar-refractivity contribution in [3.8, 4) is 0 Å². The molecule has 0 radical (unpaired) electrons. The molecule has 1 rings (SSSR count). The van der Waals surface area contributed by atoms with Gasteiger partial charge in [0.15, 0.2) is 0 Å². The molecule has 7 nitrogen and oxygen atoms in total. The van der Waals surface area contributed by atoms with E-state index in [-0.39, 0.29) is 5.91 Å². The summed E-state index contributed by atoms with van der Waals surface area (Å²) in [5.74, 6) is -0.0253. The van der Waals surface area contributed by atoms with Crippen LogP contribution in [0.3, 0.4) is 0 Å². The Kier molecular flexibility index (Phi) is 8.92. The number of rotatable bonds is 8. The molecule has 1 unspecified atom stereocenters. The first-order chi connectivity index (χ1) is 11.7. The van der Waals surface area contributed by atoms with E-state index in [9.17, 15) is 9.59 Å². The van der Waals surface area contributed by atoms with E-state index in [1.807, 2.05) is 32.7 Å². The molecule has 2 amide bonds. The third kappa shape index (κ3) is 8.88. The van der Waals surface area contributed by atoms with Crippen molar-refractivity contribution >= 4 is 12.0 Å². The molecule has 2 N–H and O–H groups in total. The lowest BCUT2D eigenvalue weighted by Gasteiger charge is -2.35. The zero-order valence-electron chi connectivity index (χ0n) is 16.1. The number of amides is 2. The van der Waals surface area contributed by atoms with Gasteiger partial charge >= 0.3 is 6.09 Å². The van der Waals surface area contributed by atoms with Crippen LogP contribution >= 0.6 is 0 Å². The molecule has 25 heavy (non-hydrogen) atoms. The van der Waals surface area contributed by atoms with Gasteiger partial charge in [0.2, 0.25) is 5.91 Å². The number of carbonyl (C=O) groups is 2. The van der Waals surface area contributed by atoms with Crippen LogP contribution in [-0.2, 0) is 9.53 Å². The molecule has 0 aliphatic carbocycles. The van der Waals surface area contributed by atoms with Gasteiger partial charge in [-0.1, -0.05) is 6.08 Å². The number of likely N-dealkylation sites (N-methyl/N-ethyl adjacent to an activating group) is 1. The fourth-order valence-electron chi connectivity index (χ4n) is 2.59. The third-order valence-electron chi connectivity index (χ3n) is 3.94. The van der Waals surface area contributed by atoms with Crippen LogP contribution in [0, 0.1) is 0 Å². The van der Waals surface area contributed by atoms with Gasteiger partial charge < -0.3 is 25.2 Å². The molecular formula is C18H34N4O3. The SMILES string of the molecule is C=CCNCCCC(NC(=O)OC(C)(C)C)C(=O)N1CCN(C)CC1. The van der Waals surface area contributed by atoms with Gasteiger partial charge in [0.25, 0.3) is 0 Å².